The number of rotatable bonds is 7. The van der Waals surface area contributed by atoms with Crippen LogP contribution in [0.3, 0.4) is 0 Å². The number of carbonyl (C=O) groups excluding carboxylic acids is 1. The van der Waals surface area contributed by atoms with E-state index in [-0.39, 0.29) is 5.88 Å². The second-order valence-corrected chi connectivity index (χ2v) is 3.78. The molecule has 0 radical (unpaired) electrons. The van der Waals surface area contributed by atoms with Crippen molar-refractivity contribution < 1.29 is 14.3 Å². The maximum absolute atomic E-state index is 11.2. The normalized spacial score (nSPS) is 9.94. The Morgan fingerprint density at radius 2 is 2.06 bits per heavy atom. The van der Waals surface area contributed by atoms with Gasteiger partial charge in [0.1, 0.15) is 0 Å². The van der Waals surface area contributed by atoms with Crippen LogP contribution in [0.1, 0.15) is 39.0 Å². The molecule has 1 aromatic heterocycles. The molecule has 0 saturated heterocycles. The minimum Gasteiger partial charge on any atom is -0.434 e. The summed E-state index contributed by atoms with van der Waals surface area (Å²) in [6.45, 7) is 2.58. The topological polar surface area (TPSA) is 48.4 Å². The van der Waals surface area contributed by atoms with Crippen molar-refractivity contribution in [2.75, 3.05) is 6.61 Å². The summed E-state index contributed by atoms with van der Waals surface area (Å²) in [6.07, 6.45) is 6.49. The molecule has 0 aromatic carbocycles. The lowest BCUT2D eigenvalue weighted by molar-refractivity contribution is 0.0958. The van der Waals surface area contributed by atoms with Crippen molar-refractivity contribution in [2.24, 2.45) is 0 Å². The van der Waals surface area contributed by atoms with Crippen LogP contribution in [-0.2, 0) is 4.74 Å². The van der Waals surface area contributed by atoms with E-state index in [4.69, 9.17) is 9.47 Å². The Bertz CT molecular complexity index is 314. The lowest BCUT2D eigenvalue weighted by Gasteiger charge is -2.04. The molecule has 0 N–H and O–H groups in total. The number of pyridine rings is 1. The first-order chi connectivity index (χ1) is 8.33. The second kappa shape index (κ2) is 8.56. The fourth-order valence-corrected chi connectivity index (χ4v) is 1.38. The molecular weight excluding hydrogens is 218 g/mol. The number of hydrogen-bond acceptors (Lipinski definition) is 4. The van der Waals surface area contributed by atoms with Crippen molar-refractivity contribution >= 4 is 6.16 Å². The summed E-state index contributed by atoms with van der Waals surface area (Å²) >= 11 is 0. The van der Waals surface area contributed by atoms with Crippen LogP contribution in [0.4, 0.5) is 4.79 Å². The van der Waals surface area contributed by atoms with Crippen molar-refractivity contribution in [2.45, 2.75) is 39.0 Å². The van der Waals surface area contributed by atoms with Gasteiger partial charge in [0.15, 0.2) is 0 Å². The van der Waals surface area contributed by atoms with Crippen molar-refractivity contribution in [3.63, 3.8) is 0 Å². The van der Waals surface area contributed by atoms with Gasteiger partial charge in [0.2, 0.25) is 5.88 Å². The molecule has 0 aliphatic carbocycles. The van der Waals surface area contributed by atoms with Gasteiger partial charge in [-0.25, -0.2) is 9.78 Å². The molecule has 0 aliphatic rings. The van der Waals surface area contributed by atoms with E-state index in [0.717, 1.165) is 12.8 Å². The van der Waals surface area contributed by atoms with Crippen LogP contribution in [-0.4, -0.2) is 17.7 Å². The van der Waals surface area contributed by atoms with Gasteiger partial charge >= 0.3 is 6.16 Å². The molecule has 0 spiro atoms. The zero-order chi connectivity index (χ0) is 12.3. The smallest absolute Gasteiger partial charge is 0.434 e. The molecule has 0 bridgehead atoms. The zero-order valence-corrected chi connectivity index (χ0v) is 10.2. The van der Waals surface area contributed by atoms with Crippen LogP contribution in [0.2, 0.25) is 0 Å². The van der Waals surface area contributed by atoms with E-state index in [1.807, 2.05) is 0 Å². The molecule has 94 valence electrons. The van der Waals surface area contributed by atoms with Crippen LogP contribution >= 0.6 is 0 Å². The van der Waals surface area contributed by atoms with Crippen LogP contribution in [0.5, 0.6) is 5.88 Å². The maximum Gasteiger partial charge on any atom is 0.515 e. The Hall–Kier alpha value is -1.58. The molecular formula is C13H19NO3. The van der Waals surface area contributed by atoms with Gasteiger partial charge in [-0.1, -0.05) is 38.7 Å². The van der Waals surface area contributed by atoms with Gasteiger partial charge in [-0.2, -0.15) is 0 Å². The third kappa shape index (κ3) is 6.56. The fraction of sp³-hybridized carbons (Fsp3) is 0.538. The van der Waals surface area contributed by atoms with E-state index in [2.05, 4.69) is 11.9 Å². The SMILES string of the molecule is CCCCCCCOC(=O)Oc1ccccn1. The zero-order valence-electron chi connectivity index (χ0n) is 10.2. The minimum absolute atomic E-state index is 0.267. The Morgan fingerprint density at radius 1 is 1.24 bits per heavy atom. The van der Waals surface area contributed by atoms with E-state index in [1.54, 1.807) is 24.4 Å². The summed E-state index contributed by atoms with van der Waals surface area (Å²) in [5, 5.41) is 0. The Labute approximate surface area is 102 Å². The predicted octanol–water partition coefficient (Wildman–Crippen LogP) is 3.57. The highest BCUT2D eigenvalue weighted by molar-refractivity contribution is 5.62. The molecule has 0 saturated carbocycles. The molecule has 1 rings (SSSR count). The lowest BCUT2D eigenvalue weighted by atomic mass is 10.2. The van der Waals surface area contributed by atoms with E-state index in [9.17, 15) is 4.79 Å². The Morgan fingerprint density at radius 3 is 2.76 bits per heavy atom. The van der Waals surface area contributed by atoms with Gasteiger partial charge in [0.05, 0.1) is 6.61 Å². The molecule has 0 atom stereocenters. The first-order valence-corrected chi connectivity index (χ1v) is 6.08. The van der Waals surface area contributed by atoms with Crippen molar-refractivity contribution in [1.29, 1.82) is 0 Å². The lowest BCUT2D eigenvalue weighted by Crippen LogP contribution is -2.12. The van der Waals surface area contributed by atoms with Crippen molar-refractivity contribution in [1.82, 2.24) is 4.98 Å². The van der Waals surface area contributed by atoms with Gasteiger partial charge in [-0.3, -0.25) is 0 Å². The summed E-state index contributed by atoms with van der Waals surface area (Å²) in [7, 11) is 0. The highest BCUT2D eigenvalue weighted by Crippen LogP contribution is 2.06. The van der Waals surface area contributed by atoms with Crippen LogP contribution in [0.25, 0.3) is 0 Å². The minimum atomic E-state index is -0.681. The maximum atomic E-state index is 11.2. The van der Waals surface area contributed by atoms with E-state index in [1.165, 1.54) is 19.3 Å². The highest BCUT2D eigenvalue weighted by atomic mass is 16.7. The van der Waals surface area contributed by atoms with Crippen LogP contribution in [0, 0.1) is 0 Å². The van der Waals surface area contributed by atoms with Gasteiger partial charge in [0.25, 0.3) is 0 Å². The van der Waals surface area contributed by atoms with E-state index >= 15 is 0 Å². The molecule has 0 amide bonds. The number of ether oxygens (including phenoxy) is 2. The summed E-state index contributed by atoms with van der Waals surface area (Å²) < 4.78 is 9.79. The average Bonchev–Trinajstić information content (AvgIpc) is 2.35. The van der Waals surface area contributed by atoms with Gasteiger partial charge < -0.3 is 9.47 Å². The average molecular weight is 237 g/mol. The standard InChI is InChI=1S/C13H19NO3/c1-2-3-4-5-8-11-16-13(15)17-12-9-6-7-10-14-12/h6-7,9-10H,2-5,8,11H2,1H3. The molecule has 1 aromatic rings. The molecule has 0 aliphatic heterocycles. The first-order valence-electron chi connectivity index (χ1n) is 6.08. The number of carbonyl (C=O) groups is 1. The number of nitrogens with zero attached hydrogens (tertiary/aromatic N) is 1. The van der Waals surface area contributed by atoms with E-state index in [0.29, 0.717) is 6.61 Å². The number of unbranched alkanes of at least 4 members (excludes halogenated alkanes) is 4. The monoisotopic (exact) mass is 237 g/mol. The van der Waals surface area contributed by atoms with Crippen LogP contribution in [0.15, 0.2) is 24.4 Å². The summed E-state index contributed by atoms with van der Waals surface area (Å²) in [5.41, 5.74) is 0. The van der Waals surface area contributed by atoms with Crippen LogP contribution < -0.4 is 4.74 Å². The van der Waals surface area contributed by atoms with Gasteiger partial charge in [-0.15, -0.1) is 0 Å². The second-order valence-electron chi connectivity index (χ2n) is 3.78. The first kappa shape index (κ1) is 13.5. The summed E-state index contributed by atoms with van der Waals surface area (Å²) in [5.74, 6) is 0.267. The summed E-state index contributed by atoms with van der Waals surface area (Å²) in [4.78, 5) is 15.1. The molecule has 17 heavy (non-hydrogen) atoms. The molecule has 4 heteroatoms. The highest BCUT2D eigenvalue weighted by Gasteiger charge is 2.05. The number of aromatic nitrogens is 1. The van der Waals surface area contributed by atoms with Crippen molar-refractivity contribution in [3.05, 3.63) is 24.4 Å². The quantitative estimate of drug-likeness (QED) is 0.537. The molecule has 0 fully saturated rings. The Balaban J connectivity index is 2.06. The third-order valence-electron chi connectivity index (χ3n) is 2.29. The molecule has 4 nitrogen and oxygen atoms in total. The third-order valence-corrected chi connectivity index (χ3v) is 2.29. The molecule has 0 unspecified atom stereocenters. The fourth-order valence-electron chi connectivity index (χ4n) is 1.38. The van der Waals surface area contributed by atoms with E-state index < -0.39 is 6.16 Å². The predicted molar refractivity (Wildman–Crippen MR) is 65.0 cm³/mol. The number of hydrogen-bond donors (Lipinski definition) is 0. The summed E-state index contributed by atoms with van der Waals surface area (Å²) in [6, 6.07) is 5.12. The van der Waals surface area contributed by atoms with Gasteiger partial charge in [0, 0.05) is 12.3 Å². The largest absolute Gasteiger partial charge is 0.515 e. The Kier molecular flexibility index (Phi) is 6.79. The van der Waals surface area contributed by atoms with Gasteiger partial charge in [-0.05, 0) is 12.5 Å². The van der Waals surface area contributed by atoms with Crippen molar-refractivity contribution in [3.8, 4) is 5.88 Å². The molecule has 1 heterocycles.